The van der Waals surface area contributed by atoms with E-state index in [0.29, 0.717) is 5.69 Å². The number of amides is 1. The number of hydrogen-bond donors (Lipinski definition) is 2. The van der Waals surface area contributed by atoms with Crippen LogP contribution in [0.15, 0.2) is 35.4 Å². The highest BCUT2D eigenvalue weighted by Crippen LogP contribution is 2.01. The number of nitrogens with one attached hydrogen (secondary N) is 2. The molecule has 0 aliphatic heterocycles. The molecule has 0 bridgehead atoms. The zero-order valence-electron chi connectivity index (χ0n) is 10.3. The Kier molecular flexibility index (Phi) is 3.52. The fourth-order valence-corrected chi connectivity index (χ4v) is 1.51. The van der Waals surface area contributed by atoms with Crippen molar-refractivity contribution in [2.24, 2.45) is 5.10 Å². The number of carbonyl (C=O) groups is 1. The molecule has 0 radical (unpaired) electrons. The number of nitrogens with zero attached hydrogens (tertiary/aromatic N) is 2. The second kappa shape index (κ2) is 5.27. The van der Waals surface area contributed by atoms with E-state index in [1.165, 1.54) is 0 Å². The molecule has 2 rings (SSSR count). The average Bonchev–Trinajstić information content (AvgIpc) is 2.76. The van der Waals surface area contributed by atoms with Gasteiger partial charge in [-0.05, 0) is 25.5 Å². The fraction of sp³-hybridized carbons (Fsp3) is 0.154. The van der Waals surface area contributed by atoms with E-state index in [2.05, 4.69) is 20.7 Å². The molecule has 0 saturated heterocycles. The van der Waals surface area contributed by atoms with Gasteiger partial charge in [-0.25, -0.2) is 5.43 Å². The minimum absolute atomic E-state index is 0.328. The van der Waals surface area contributed by atoms with E-state index in [4.69, 9.17) is 0 Å². The number of H-pyrrole nitrogens is 1. The first-order valence-corrected chi connectivity index (χ1v) is 5.57. The summed E-state index contributed by atoms with van der Waals surface area (Å²) in [6.07, 6.45) is 1.60. The van der Waals surface area contributed by atoms with E-state index < -0.39 is 0 Å². The third-order valence-corrected chi connectivity index (χ3v) is 2.36. The van der Waals surface area contributed by atoms with Gasteiger partial charge in [-0.3, -0.25) is 9.89 Å². The second-order valence-electron chi connectivity index (χ2n) is 4.05. The SMILES string of the molecule is Cc1cccc(C=NNC(=O)c2cc(C)[nH]n2)c1. The van der Waals surface area contributed by atoms with Crippen LogP contribution in [0, 0.1) is 13.8 Å². The van der Waals surface area contributed by atoms with Crippen molar-refractivity contribution in [3.63, 3.8) is 0 Å². The number of rotatable bonds is 3. The molecule has 92 valence electrons. The lowest BCUT2D eigenvalue weighted by atomic mass is 10.2. The molecule has 5 heteroatoms. The van der Waals surface area contributed by atoms with Crippen LogP contribution in [0.4, 0.5) is 0 Å². The zero-order chi connectivity index (χ0) is 13.0. The maximum atomic E-state index is 11.6. The maximum Gasteiger partial charge on any atom is 0.291 e. The summed E-state index contributed by atoms with van der Waals surface area (Å²) in [6.45, 7) is 3.84. The van der Waals surface area contributed by atoms with Crippen molar-refractivity contribution < 1.29 is 4.79 Å². The maximum absolute atomic E-state index is 11.6. The van der Waals surface area contributed by atoms with Crippen molar-refractivity contribution in [2.45, 2.75) is 13.8 Å². The molecule has 1 amide bonds. The first-order valence-electron chi connectivity index (χ1n) is 5.57. The van der Waals surface area contributed by atoms with Crippen molar-refractivity contribution in [1.29, 1.82) is 0 Å². The highest BCUT2D eigenvalue weighted by molar-refractivity contribution is 5.93. The summed E-state index contributed by atoms with van der Waals surface area (Å²) in [4.78, 5) is 11.6. The van der Waals surface area contributed by atoms with Gasteiger partial charge in [0.15, 0.2) is 5.69 Å². The Balaban J connectivity index is 1.97. The molecule has 0 spiro atoms. The highest BCUT2D eigenvalue weighted by atomic mass is 16.2. The van der Waals surface area contributed by atoms with Crippen LogP contribution in [0.2, 0.25) is 0 Å². The van der Waals surface area contributed by atoms with Crippen molar-refractivity contribution in [3.8, 4) is 0 Å². The van der Waals surface area contributed by atoms with Gasteiger partial charge in [0.25, 0.3) is 5.91 Å². The van der Waals surface area contributed by atoms with Crippen molar-refractivity contribution in [3.05, 3.63) is 52.8 Å². The number of hydrogen-bond acceptors (Lipinski definition) is 3. The summed E-state index contributed by atoms with van der Waals surface area (Å²) in [5.41, 5.74) is 5.68. The highest BCUT2D eigenvalue weighted by Gasteiger charge is 2.06. The average molecular weight is 242 g/mol. The number of hydrazone groups is 1. The van der Waals surface area contributed by atoms with Gasteiger partial charge in [-0.15, -0.1) is 0 Å². The molecular weight excluding hydrogens is 228 g/mol. The number of aromatic amines is 1. The van der Waals surface area contributed by atoms with Gasteiger partial charge in [0.1, 0.15) is 0 Å². The Morgan fingerprint density at radius 1 is 1.39 bits per heavy atom. The molecule has 1 aromatic carbocycles. The molecule has 0 atom stereocenters. The summed E-state index contributed by atoms with van der Waals surface area (Å²) >= 11 is 0. The van der Waals surface area contributed by atoms with Crippen LogP contribution < -0.4 is 5.43 Å². The standard InChI is InChI=1S/C13H14N4O/c1-9-4-3-5-11(6-9)8-14-17-13(18)12-7-10(2)15-16-12/h3-8H,1-2H3,(H,15,16)(H,17,18). The fourth-order valence-electron chi connectivity index (χ4n) is 1.51. The monoisotopic (exact) mass is 242 g/mol. The van der Waals surface area contributed by atoms with Gasteiger partial charge in [-0.2, -0.15) is 10.2 Å². The van der Waals surface area contributed by atoms with Crippen LogP contribution in [0.25, 0.3) is 0 Å². The molecule has 2 aromatic rings. The molecule has 18 heavy (non-hydrogen) atoms. The molecule has 0 aliphatic carbocycles. The number of aromatic nitrogens is 2. The topological polar surface area (TPSA) is 70.1 Å². The Hall–Kier alpha value is -2.43. The van der Waals surface area contributed by atoms with E-state index in [0.717, 1.165) is 16.8 Å². The van der Waals surface area contributed by atoms with Crippen LogP contribution in [-0.4, -0.2) is 22.3 Å². The molecule has 0 fully saturated rings. The van der Waals surface area contributed by atoms with E-state index >= 15 is 0 Å². The normalized spacial score (nSPS) is 10.8. The van der Waals surface area contributed by atoms with E-state index in [9.17, 15) is 4.79 Å². The number of aryl methyl sites for hydroxylation is 2. The molecule has 0 aliphatic rings. The summed E-state index contributed by atoms with van der Waals surface area (Å²) in [7, 11) is 0. The van der Waals surface area contributed by atoms with Crippen molar-refractivity contribution >= 4 is 12.1 Å². The summed E-state index contributed by atoms with van der Waals surface area (Å²) < 4.78 is 0. The zero-order valence-corrected chi connectivity index (χ0v) is 10.3. The van der Waals surface area contributed by atoms with Gasteiger partial charge in [0, 0.05) is 5.69 Å². The second-order valence-corrected chi connectivity index (χ2v) is 4.05. The Labute approximate surface area is 105 Å². The molecule has 0 unspecified atom stereocenters. The lowest BCUT2D eigenvalue weighted by molar-refractivity contribution is 0.0950. The number of benzene rings is 1. The molecule has 5 nitrogen and oxygen atoms in total. The van der Waals surface area contributed by atoms with E-state index in [1.54, 1.807) is 12.3 Å². The lowest BCUT2D eigenvalue weighted by Gasteiger charge is -1.96. The summed E-state index contributed by atoms with van der Waals surface area (Å²) in [6, 6.07) is 9.51. The van der Waals surface area contributed by atoms with Gasteiger partial charge in [0.2, 0.25) is 0 Å². The predicted molar refractivity (Wildman–Crippen MR) is 69.6 cm³/mol. The number of carbonyl (C=O) groups excluding carboxylic acids is 1. The van der Waals surface area contributed by atoms with Gasteiger partial charge in [0.05, 0.1) is 6.21 Å². The first-order chi connectivity index (χ1) is 8.65. The van der Waals surface area contributed by atoms with Crippen LogP contribution in [0.1, 0.15) is 27.3 Å². The molecule has 2 N–H and O–H groups in total. The Morgan fingerprint density at radius 2 is 2.22 bits per heavy atom. The van der Waals surface area contributed by atoms with Crippen molar-refractivity contribution in [1.82, 2.24) is 15.6 Å². The van der Waals surface area contributed by atoms with E-state index in [-0.39, 0.29) is 5.91 Å². The molecule has 0 saturated carbocycles. The third-order valence-electron chi connectivity index (χ3n) is 2.36. The largest absolute Gasteiger partial charge is 0.291 e. The van der Waals surface area contributed by atoms with Crippen LogP contribution in [-0.2, 0) is 0 Å². The van der Waals surface area contributed by atoms with Crippen LogP contribution in [0.5, 0.6) is 0 Å². The minimum atomic E-state index is -0.330. The third kappa shape index (κ3) is 3.04. The van der Waals surface area contributed by atoms with Crippen molar-refractivity contribution in [2.75, 3.05) is 0 Å². The van der Waals surface area contributed by atoms with E-state index in [1.807, 2.05) is 38.1 Å². The summed E-state index contributed by atoms with van der Waals surface area (Å²) in [5, 5.41) is 10.4. The van der Waals surface area contributed by atoms with Crippen LogP contribution >= 0.6 is 0 Å². The van der Waals surface area contributed by atoms with Crippen LogP contribution in [0.3, 0.4) is 0 Å². The Morgan fingerprint density at radius 3 is 2.89 bits per heavy atom. The molecule has 1 aromatic heterocycles. The first kappa shape index (κ1) is 12.0. The summed E-state index contributed by atoms with van der Waals surface area (Å²) in [5.74, 6) is -0.330. The lowest BCUT2D eigenvalue weighted by Crippen LogP contribution is -2.18. The minimum Gasteiger partial charge on any atom is -0.282 e. The molecule has 1 heterocycles. The molecular formula is C13H14N4O. The smallest absolute Gasteiger partial charge is 0.282 e. The predicted octanol–water partition coefficient (Wildman–Crippen LogP) is 1.79. The van der Waals surface area contributed by atoms with Gasteiger partial charge >= 0.3 is 0 Å². The van der Waals surface area contributed by atoms with Gasteiger partial charge < -0.3 is 0 Å². The van der Waals surface area contributed by atoms with Gasteiger partial charge in [-0.1, -0.05) is 29.8 Å². The quantitative estimate of drug-likeness (QED) is 0.636. The Bertz CT molecular complexity index is 586.